The van der Waals surface area contributed by atoms with Gasteiger partial charge in [-0.25, -0.2) is 4.98 Å². The summed E-state index contributed by atoms with van der Waals surface area (Å²) in [6.45, 7) is 2.99. The maximum absolute atomic E-state index is 13.7. The Bertz CT molecular complexity index is 1570. The highest BCUT2D eigenvalue weighted by Crippen LogP contribution is 2.32. The molecular formula is C32H33ClN4O2. The van der Waals surface area contributed by atoms with Crippen molar-refractivity contribution >= 4 is 39.3 Å². The molecule has 2 fully saturated rings. The van der Waals surface area contributed by atoms with Gasteiger partial charge >= 0.3 is 0 Å². The molecule has 6 rings (SSSR count). The van der Waals surface area contributed by atoms with Gasteiger partial charge in [0.2, 0.25) is 0 Å². The molecule has 7 heteroatoms. The molecule has 200 valence electrons. The lowest BCUT2D eigenvalue weighted by molar-refractivity contribution is 0.0869. The standard InChI is InChI=1S/C32H33ClN4O2/c33-22-7-13-29-26(18-22)28(20-34-29)31-19-27(32(39)35-23-8-10-24(38)11-9-23)25-17-21(6-12-30(25)36-31)5-4-16-37-14-2-1-3-15-37/h6-7,12-13,17-20,23-24,34,38H,1-3,8-11,14-16H2,(H,35,39). The molecule has 1 saturated carbocycles. The Hall–Kier alpha value is -3.37. The number of pyridine rings is 1. The van der Waals surface area contributed by atoms with Crippen LogP contribution in [-0.4, -0.2) is 57.7 Å². The van der Waals surface area contributed by atoms with Crippen LogP contribution in [0.15, 0.2) is 48.7 Å². The number of nitrogens with one attached hydrogen (secondary N) is 2. The Morgan fingerprint density at radius 1 is 1.05 bits per heavy atom. The largest absolute Gasteiger partial charge is 0.393 e. The first-order chi connectivity index (χ1) is 19.0. The van der Waals surface area contributed by atoms with E-state index in [-0.39, 0.29) is 18.1 Å². The number of hydrogen-bond donors (Lipinski definition) is 3. The van der Waals surface area contributed by atoms with Gasteiger partial charge in [0.1, 0.15) is 0 Å². The molecule has 6 nitrogen and oxygen atoms in total. The van der Waals surface area contributed by atoms with E-state index in [9.17, 15) is 9.90 Å². The van der Waals surface area contributed by atoms with Gasteiger partial charge in [0.25, 0.3) is 5.91 Å². The molecule has 0 unspecified atom stereocenters. The van der Waals surface area contributed by atoms with Crippen molar-refractivity contribution in [2.75, 3.05) is 19.6 Å². The number of carbonyl (C=O) groups excluding carboxylic acids is 1. The normalized spacial score (nSPS) is 20.1. The molecule has 1 amide bonds. The van der Waals surface area contributed by atoms with E-state index >= 15 is 0 Å². The second-order valence-electron chi connectivity index (χ2n) is 10.8. The van der Waals surface area contributed by atoms with Crippen LogP contribution >= 0.6 is 11.6 Å². The SMILES string of the molecule is O=C(NC1CCC(O)CC1)c1cc(-c2c[nH]c3ccc(Cl)cc23)nc2ccc(C#CCN3CCCCC3)cc12. The van der Waals surface area contributed by atoms with Crippen LogP contribution in [0.3, 0.4) is 0 Å². The topological polar surface area (TPSA) is 81.2 Å². The summed E-state index contributed by atoms with van der Waals surface area (Å²) in [4.78, 5) is 24.4. The lowest BCUT2D eigenvalue weighted by Crippen LogP contribution is -2.38. The number of aliphatic hydroxyl groups excluding tert-OH is 1. The third kappa shape index (κ3) is 5.81. The van der Waals surface area contributed by atoms with E-state index in [1.165, 1.54) is 19.3 Å². The van der Waals surface area contributed by atoms with Crippen LogP contribution in [0.5, 0.6) is 0 Å². The van der Waals surface area contributed by atoms with Crippen molar-refractivity contribution in [1.82, 2.24) is 20.2 Å². The summed E-state index contributed by atoms with van der Waals surface area (Å²) in [5.41, 5.74) is 4.77. The van der Waals surface area contributed by atoms with Gasteiger partial charge in [-0.05, 0) is 94.1 Å². The van der Waals surface area contributed by atoms with Gasteiger partial charge in [-0.1, -0.05) is 29.9 Å². The van der Waals surface area contributed by atoms with Gasteiger partial charge in [0.05, 0.1) is 29.4 Å². The van der Waals surface area contributed by atoms with Gasteiger partial charge in [-0.2, -0.15) is 0 Å². The van der Waals surface area contributed by atoms with Gasteiger partial charge in [-0.15, -0.1) is 0 Å². The van der Waals surface area contributed by atoms with Crippen LogP contribution in [0.1, 0.15) is 60.9 Å². The second kappa shape index (κ2) is 11.4. The van der Waals surface area contributed by atoms with Crippen LogP contribution in [0.4, 0.5) is 0 Å². The molecule has 0 bridgehead atoms. The molecule has 1 aliphatic heterocycles. The summed E-state index contributed by atoms with van der Waals surface area (Å²) < 4.78 is 0. The van der Waals surface area contributed by atoms with Crippen molar-refractivity contribution in [3.8, 4) is 23.1 Å². The molecule has 1 aliphatic carbocycles. The molecular weight excluding hydrogens is 508 g/mol. The maximum Gasteiger partial charge on any atom is 0.252 e. The zero-order valence-corrected chi connectivity index (χ0v) is 22.7. The molecule has 2 aromatic carbocycles. The summed E-state index contributed by atoms with van der Waals surface area (Å²) in [5, 5.41) is 15.5. The van der Waals surface area contributed by atoms with E-state index in [0.29, 0.717) is 29.1 Å². The first-order valence-electron chi connectivity index (χ1n) is 14.0. The summed E-state index contributed by atoms with van der Waals surface area (Å²) in [6.07, 6.45) is 8.40. The molecule has 2 aromatic heterocycles. The number of H-pyrrole nitrogens is 1. The third-order valence-corrected chi connectivity index (χ3v) is 8.22. The molecule has 3 N–H and O–H groups in total. The lowest BCUT2D eigenvalue weighted by Gasteiger charge is -2.26. The van der Waals surface area contributed by atoms with Crippen LogP contribution in [-0.2, 0) is 0 Å². The molecule has 0 radical (unpaired) electrons. The minimum atomic E-state index is -0.272. The summed E-state index contributed by atoms with van der Waals surface area (Å²) >= 11 is 6.31. The molecule has 4 aromatic rings. The lowest BCUT2D eigenvalue weighted by atomic mass is 9.92. The van der Waals surface area contributed by atoms with E-state index in [1.807, 2.05) is 48.7 Å². The highest BCUT2D eigenvalue weighted by molar-refractivity contribution is 6.31. The molecule has 2 aliphatic rings. The van der Waals surface area contributed by atoms with E-state index in [4.69, 9.17) is 16.6 Å². The first-order valence-corrected chi connectivity index (χ1v) is 14.3. The van der Waals surface area contributed by atoms with Crippen molar-refractivity contribution in [3.05, 3.63) is 64.8 Å². The number of hydrogen-bond acceptors (Lipinski definition) is 4. The van der Waals surface area contributed by atoms with Crippen molar-refractivity contribution in [2.45, 2.75) is 57.1 Å². The number of piperidine rings is 1. The summed E-state index contributed by atoms with van der Waals surface area (Å²) in [7, 11) is 0. The number of benzene rings is 2. The van der Waals surface area contributed by atoms with Gasteiger partial charge in [0, 0.05) is 44.7 Å². The number of aliphatic hydroxyl groups is 1. The Morgan fingerprint density at radius 3 is 2.69 bits per heavy atom. The zero-order valence-electron chi connectivity index (χ0n) is 22.0. The predicted octanol–water partition coefficient (Wildman–Crippen LogP) is 5.91. The fourth-order valence-electron chi connectivity index (χ4n) is 5.79. The number of aromatic amines is 1. The fraction of sp³-hybridized carbons (Fsp3) is 0.375. The third-order valence-electron chi connectivity index (χ3n) is 7.99. The number of amides is 1. The number of carbonyl (C=O) groups is 1. The number of rotatable bonds is 4. The summed E-state index contributed by atoms with van der Waals surface area (Å²) in [6, 6.07) is 13.6. The highest BCUT2D eigenvalue weighted by atomic mass is 35.5. The quantitative estimate of drug-likeness (QED) is 0.281. The van der Waals surface area contributed by atoms with E-state index < -0.39 is 0 Å². The van der Waals surface area contributed by atoms with Crippen LogP contribution in [0, 0.1) is 11.8 Å². The van der Waals surface area contributed by atoms with Gasteiger partial charge in [0.15, 0.2) is 0 Å². The fourth-order valence-corrected chi connectivity index (χ4v) is 5.96. The Morgan fingerprint density at radius 2 is 1.87 bits per heavy atom. The van der Waals surface area contributed by atoms with Crippen molar-refractivity contribution < 1.29 is 9.90 Å². The van der Waals surface area contributed by atoms with Crippen LogP contribution < -0.4 is 5.32 Å². The summed E-state index contributed by atoms with van der Waals surface area (Å²) in [5.74, 6) is 6.52. The average molecular weight is 541 g/mol. The number of nitrogens with zero attached hydrogens (tertiary/aromatic N) is 2. The van der Waals surface area contributed by atoms with E-state index in [0.717, 1.165) is 65.4 Å². The minimum Gasteiger partial charge on any atom is -0.393 e. The van der Waals surface area contributed by atoms with Crippen molar-refractivity contribution in [1.29, 1.82) is 0 Å². The average Bonchev–Trinajstić information content (AvgIpc) is 3.37. The smallest absolute Gasteiger partial charge is 0.252 e. The molecule has 3 heterocycles. The zero-order chi connectivity index (χ0) is 26.8. The van der Waals surface area contributed by atoms with E-state index in [1.54, 1.807) is 0 Å². The van der Waals surface area contributed by atoms with Gasteiger partial charge in [-0.3, -0.25) is 9.69 Å². The number of aromatic nitrogens is 2. The maximum atomic E-state index is 13.7. The molecule has 0 spiro atoms. The highest BCUT2D eigenvalue weighted by Gasteiger charge is 2.23. The Labute approximate surface area is 233 Å². The van der Waals surface area contributed by atoms with Crippen LogP contribution in [0.25, 0.3) is 33.1 Å². The Kier molecular flexibility index (Phi) is 7.56. The Balaban J connectivity index is 1.37. The predicted molar refractivity (Wildman–Crippen MR) is 157 cm³/mol. The first kappa shape index (κ1) is 25.9. The van der Waals surface area contributed by atoms with Crippen molar-refractivity contribution in [3.63, 3.8) is 0 Å². The number of halogens is 1. The monoisotopic (exact) mass is 540 g/mol. The van der Waals surface area contributed by atoms with Gasteiger partial charge < -0.3 is 15.4 Å². The number of likely N-dealkylation sites (tertiary alicyclic amines) is 1. The molecule has 0 atom stereocenters. The molecule has 39 heavy (non-hydrogen) atoms. The second-order valence-corrected chi connectivity index (χ2v) is 11.2. The van der Waals surface area contributed by atoms with E-state index in [2.05, 4.69) is 27.0 Å². The van der Waals surface area contributed by atoms with Crippen LogP contribution in [0.2, 0.25) is 5.02 Å². The van der Waals surface area contributed by atoms with Crippen molar-refractivity contribution in [2.24, 2.45) is 0 Å². The minimum absolute atomic E-state index is 0.0481. The number of fused-ring (bicyclic) bond motifs is 2. The molecule has 1 saturated heterocycles.